The summed E-state index contributed by atoms with van der Waals surface area (Å²) in [6.07, 6.45) is 1.52. The molecule has 10 amide bonds. The molecule has 1 saturated heterocycles. The second kappa shape index (κ2) is 21.9. The van der Waals surface area contributed by atoms with Gasteiger partial charge in [-0.1, -0.05) is 13.8 Å². The van der Waals surface area contributed by atoms with Crippen molar-refractivity contribution in [2.45, 2.75) is 117 Å². The molecule has 0 radical (unpaired) electrons. The van der Waals surface area contributed by atoms with Gasteiger partial charge in [0.25, 0.3) is 0 Å². The van der Waals surface area contributed by atoms with Crippen LogP contribution in [-0.2, 0) is 47.9 Å². The Morgan fingerprint density at radius 2 is 0.887 bits per heavy atom. The van der Waals surface area contributed by atoms with E-state index in [2.05, 4.69) is 53.2 Å². The highest BCUT2D eigenvalue weighted by Crippen LogP contribution is 2.05. The summed E-state index contributed by atoms with van der Waals surface area (Å²) in [5.74, 6) is -6.97. The standard InChI is InChI=1S/C32H55N11O10/c1-14(2)24(25(33)46)43-31(52)18(6)38-23(45)13-35-26(47)15(3)39-29(50)19(7)41-30(51)20(8)40-28(49)17(5)37-22(44)12-36-27(48)16(4)42-32(53)21-10-9-11-34-21/h14-21,24,34H,9-13H2,1-8H3,(H2,33,46)(H,35,47)(H,36,48)(H,37,44)(H,38,45)(H,39,50)(H,40,49)(H,41,51)(H,42,53)(H,43,52)/t15-,16-,17-,18-,19-,20-,21-,24-/m0/s1. The molecule has 0 aliphatic carbocycles. The Bertz CT molecular complexity index is 1390. The third-order valence-electron chi connectivity index (χ3n) is 8.04. The largest absolute Gasteiger partial charge is 0.368 e. The van der Waals surface area contributed by atoms with E-state index in [1.165, 1.54) is 41.5 Å². The van der Waals surface area contributed by atoms with E-state index in [1.54, 1.807) is 13.8 Å². The van der Waals surface area contributed by atoms with Gasteiger partial charge in [0.15, 0.2) is 0 Å². The Hall–Kier alpha value is -5.34. The van der Waals surface area contributed by atoms with Gasteiger partial charge in [0.05, 0.1) is 19.1 Å². The molecule has 298 valence electrons. The first kappa shape index (κ1) is 45.7. The number of hydrogen-bond acceptors (Lipinski definition) is 11. The lowest BCUT2D eigenvalue weighted by Crippen LogP contribution is -2.57. The molecule has 21 heteroatoms. The highest BCUT2D eigenvalue weighted by Gasteiger charge is 2.28. The summed E-state index contributed by atoms with van der Waals surface area (Å²) in [6, 6.07) is -7.80. The van der Waals surface area contributed by atoms with Crippen LogP contribution >= 0.6 is 0 Å². The third kappa shape index (κ3) is 16.3. The maximum absolute atomic E-state index is 12.6. The Morgan fingerprint density at radius 3 is 1.25 bits per heavy atom. The average molecular weight is 754 g/mol. The van der Waals surface area contributed by atoms with Gasteiger partial charge >= 0.3 is 0 Å². The van der Waals surface area contributed by atoms with Crippen LogP contribution in [0.5, 0.6) is 0 Å². The summed E-state index contributed by atoms with van der Waals surface area (Å²) in [5.41, 5.74) is 5.28. The smallest absolute Gasteiger partial charge is 0.242 e. The van der Waals surface area contributed by atoms with Crippen LogP contribution in [0.2, 0.25) is 0 Å². The number of nitrogens with two attached hydrogens (primary N) is 1. The van der Waals surface area contributed by atoms with E-state index in [4.69, 9.17) is 5.73 Å². The van der Waals surface area contributed by atoms with Crippen molar-refractivity contribution in [2.24, 2.45) is 11.7 Å². The minimum absolute atomic E-state index is 0.280. The molecule has 1 rings (SSSR count). The molecule has 21 nitrogen and oxygen atoms in total. The Balaban J connectivity index is 2.43. The minimum Gasteiger partial charge on any atom is -0.368 e. The number of nitrogens with one attached hydrogen (secondary N) is 10. The van der Waals surface area contributed by atoms with Gasteiger partial charge in [0.2, 0.25) is 59.1 Å². The zero-order valence-electron chi connectivity index (χ0n) is 31.4. The van der Waals surface area contributed by atoms with Crippen molar-refractivity contribution in [2.75, 3.05) is 19.6 Å². The number of carbonyl (C=O) groups excluding carboxylic acids is 10. The zero-order chi connectivity index (χ0) is 40.6. The van der Waals surface area contributed by atoms with Crippen LogP contribution in [-0.4, -0.2) is 127 Å². The highest BCUT2D eigenvalue weighted by atomic mass is 16.2. The summed E-state index contributed by atoms with van der Waals surface area (Å²) in [7, 11) is 0. The molecule has 12 N–H and O–H groups in total. The second-order valence-corrected chi connectivity index (χ2v) is 13.2. The van der Waals surface area contributed by atoms with Crippen molar-refractivity contribution in [1.29, 1.82) is 0 Å². The van der Waals surface area contributed by atoms with Gasteiger partial charge in [-0.25, -0.2) is 0 Å². The molecule has 1 aliphatic heterocycles. The predicted molar refractivity (Wildman–Crippen MR) is 189 cm³/mol. The average Bonchev–Trinajstić information content (AvgIpc) is 3.63. The van der Waals surface area contributed by atoms with E-state index in [9.17, 15) is 47.9 Å². The maximum Gasteiger partial charge on any atom is 0.242 e. The minimum atomic E-state index is -1.16. The van der Waals surface area contributed by atoms with E-state index in [1.807, 2.05) is 0 Å². The fourth-order valence-corrected chi connectivity index (χ4v) is 4.70. The molecule has 0 bridgehead atoms. The van der Waals surface area contributed by atoms with Crippen LogP contribution in [0.3, 0.4) is 0 Å². The monoisotopic (exact) mass is 753 g/mol. The van der Waals surface area contributed by atoms with Crippen molar-refractivity contribution in [3.8, 4) is 0 Å². The zero-order valence-corrected chi connectivity index (χ0v) is 31.4. The third-order valence-corrected chi connectivity index (χ3v) is 8.04. The molecule has 0 spiro atoms. The fraction of sp³-hybridized carbons (Fsp3) is 0.688. The predicted octanol–water partition coefficient (Wildman–Crippen LogP) is -5.37. The van der Waals surface area contributed by atoms with Gasteiger partial charge < -0.3 is 58.9 Å². The second-order valence-electron chi connectivity index (χ2n) is 13.2. The van der Waals surface area contributed by atoms with Crippen LogP contribution in [0.15, 0.2) is 0 Å². The number of rotatable bonds is 20. The first-order valence-electron chi connectivity index (χ1n) is 17.3. The summed E-state index contributed by atoms with van der Waals surface area (Å²) in [4.78, 5) is 123. The van der Waals surface area contributed by atoms with Crippen molar-refractivity contribution in [3.05, 3.63) is 0 Å². The van der Waals surface area contributed by atoms with Crippen LogP contribution in [0, 0.1) is 5.92 Å². The van der Waals surface area contributed by atoms with Gasteiger partial charge in [-0.05, 0) is 66.8 Å². The summed E-state index contributed by atoms with van der Waals surface area (Å²) >= 11 is 0. The lowest BCUT2D eigenvalue weighted by atomic mass is 10.0. The quantitative estimate of drug-likeness (QED) is 0.0558. The van der Waals surface area contributed by atoms with E-state index in [-0.39, 0.29) is 17.9 Å². The van der Waals surface area contributed by atoms with Crippen LogP contribution in [0.4, 0.5) is 0 Å². The SMILES string of the molecule is CC(C)[C@H](NC(=O)[C@H](C)NC(=O)CNC(=O)[C@H](C)NC(=O)[C@H](C)NC(=O)[C@H](C)NC(=O)[C@H](C)NC(=O)CNC(=O)[C@H](C)NC(=O)[C@@H]1CCCN1)C(N)=O. The molecule has 0 aromatic rings. The van der Waals surface area contributed by atoms with Crippen molar-refractivity contribution < 1.29 is 47.9 Å². The fourth-order valence-electron chi connectivity index (χ4n) is 4.70. The van der Waals surface area contributed by atoms with Crippen LogP contribution in [0.1, 0.15) is 68.2 Å². The Morgan fingerprint density at radius 1 is 0.528 bits per heavy atom. The highest BCUT2D eigenvalue weighted by molar-refractivity contribution is 5.97. The topological polar surface area (TPSA) is 317 Å². The molecular weight excluding hydrogens is 698 g/mol. The molecule has 53 heavy (non-hydrogen) atoms. The summed E-state index contributed by atoms with van der Waals surface area (Å²) < 4.78 is 0. The van der Waals surface area contributed by atoms with Gasteiger partial charge in [0.1, 0.15) is 42.3 Å². The van der Waals surface area contributed by atoms with Crippen LogP contribution in [0.25, 0.3) is 0 Å². The molecule has 1 aliphatic rings. The normalized spacial score (nSPS) is 17.6. The Labute approximate surface area is 308 Å². The van der Waals surface area contributed by atoms with Crippen molar-refractivity contribution in [3.63, 3.8) is 0 Å². The molecule has 0 aromatic heterocycles. The number of carbonyl (C=O) groups is 10. The van der Waals surface area contributed by atoms with Gasteiger partial charge in [-0.3, -0.25) is 47.9 Å². The van der Waals surface area contributed by atoms with E-state index in [0.29, 0.717) is 13.0 Å². The summed E-state index contributed by atoms with van der Waals surface area (Å²) in [5, 5.41) is 24.7. The molecule has 0 saturated carbocycles. The van der Waals surface area contributed by atoms with Crippen molar-refractivity contribution >= 4 is 59.1 Å². The van der Waals surface area contributed by atoms with Gasteiger partial charge in [-0.2, -0.15) is 0 Å². The first-order valence-corrected chi connectivity index (χ1v) is 17.3. The molecular formula is C32H55N11O10. The molecule has 0 aromatic carbocycles. The van der Waals surface area contributed by atoms with E-state index < -0.39 is 109 Å². The van der Waals surface area contributed by atoms with E-state index in [0.717, 1.165) is 6.42 Å². The maximum atomic E-state index is 12.6. The first-order chi connectivity index (χ1) is 24.6. The lowest BCUT2D eigenvalue weighted by Gasteiger charge is -2.22. The molecule has 1 fully saturated rings. The molecule has 0 unspecified atom stereocenters. The summed E-state index contributed by atoms with van der Waals surface area (Å²) in [6.45, 7) is 11.3. The van der Waals surface area contributed by atoms with Crippen LogP contribution < -0.4 is 58.9 Å². The lowest BCUT2D eigenvalue weighted by molar-refractivity contribution is -0.134. The Kier molecular flexibility index (Phi) is 18.9. The van der Waals surface area contributed by atoms with Gasteiger partial charge in [0, 0.05) is 0 Å². The van der Waals surface area contributed by atoms with E-state index >= 15 is 0 Å². The molecule has 8 atom stereocenters. The van der Waals surface area contributed by atoms with Gasteiger partial charge in [-0.15, -0.1) is 0 Å². The number of hydrogen-bond donors (Lipinski definition) is 11. The number of amides is 10. The molecule has 1 heterocycles. The van der Waals surface area contributed by atoms with Crippen molar-refractivity contribution in [1.82, 2.24) is 53.2 Å². The number of primary amides is 1.